The van der Waals surface area contributed by atoms with E-state index in [1.54, 1.807) is 6.92 Å². The van der Waals surface area contributed by atoms with E-state index in [9.17, 15) is 14.4 Å². The van der Waals surface area contributed by atoms with Crippen molar-refractivity contribution in [2.45, 2.75) is 44.6 Å². The molecule has 1 saturated carbocycles. The van der Waals surface area contributed by atoms with E-state index in [2.05, 4.69) is 10.6 Å². The Balaban J connectivity index is 2.69. The minimum Gasteiger partial charge on any atom is -0.481 e. The Kier molecular flexibility index (Phi) is 5.79. The van der Waals surface area contributed by atoms with Crippen molar-refractivity contribution in [1.29, 1.82) is 0 Å². The number of hydrogen-bond donors (Lipinski definition) is 3. The number of nitrogens with one attached hydrogen (secondary N) is 2. The molecule has 7 nitrogen and oxygen atoms in total. The molecule has 20 heavy (non-hydrogen) atoms. The molecule has 3 amide bonds. The average Bonchev–Trinajstić information content (AvgIpc) is 2.82. The zero-order chi connectivity index (χ0) is 15.2. The SMILES string of the molecule is CCN(CC(=O)NC)C(=O)NC1(CC(=O)O)CCCC1. The van der Waals surface area contributed by atoms with Crippen molar-refractivity contribution in [2.24, 2.45) is 0 Å². The molecular formula is C13H23N3O4. The third-order valence-corrected chi connectivity index (χ3v) is 3.70. The van der Waals surface area contributed by atoms with Crippen LogP contribution >= 0.6 is 0 Å². The van der Waals surface area contributed by atoms with Gasteiger partial charge in [0.1, 0.15) is 6.54 Å². The van der Waals surface area contributed by atoms with Crippen LogP contribution in [0.4, 0.5) is 4.79 Å². The van der Waals surface area contributed by atoms with E-state index in [0.717, 1.165) is 12.8 Å². The lowest BCUT2D eigenvalue weighted by Gasteiger charge is -2.32. The van der Waals surface area contributed by atoms with Gasteiger partial charge in [-0.25, -0.2) is 4.79 Å². The first-order valence-corrected chi connectivity index (χ1v) is 6.92. The van der Waals surface area contributed by atoms with Gasteiger partial charge in [0.05, 0.1) is 12.0 Å². The standard InChI is InChI=1S/C13H23N3O4/c1-3-16(9-10(17)14-2)12(20)15-13(8-11(18)19)6-4-5-7-13/h3-9H2,1-2H3,(H,14,17)(H,15,20)(H,18,19). The van der Waals surface area contributed by atoms with Gasteiger partial charge in [-0.05, 0) is 19.8 Å². The molecule has 1 aliphatic rings. The van der Waals surface area contributed by atoms with Gasteiger partial charge >= 0.3 is 12.0 Å². The fraction of sp³-hybridized carbons (Fsp3) is 0.769. The Hall–Kier alpha value is -1.79. The van der Waals surface area contributed by atoms with E-state index >= 15 is 0 Å². The third kappa shape index (κ3) is 4.40. The number of likely N-dealkylation sites (N-methyl/N-ethyl adjacent to an activating group) is 2. The lowest BCUT2D eigenvalue weighted by Crippen LogP contribution is -2.54. The highest BCUT2D eigenvalue weighted by molar-refractivity contribution is 5.84. The molecule has 0 aromatic rings. The number of rotatable bonds is 6. The molecule has 0 bridgehead atoms. The maximum atomic E-state index is 12.2. The van der Waals surface area contributed by atoms with Crippen LogP contribution in [0.2, 0.25) is 0 Å². The summed E-state index contributed by atoms with van der Waals surface area (Å²) in [5, 5.41) is 14.3. The molecule has 0 heterocycles. The fourth-order valence-corrected chi connectivity index (χ4v) is 2.57. The van der Waals surface area contributed by atoms with Gasteiger partial charge < -0.3 is 20.6 Å². The van der Waals surface area contributed by atoms with Crippen LogP contribution in [0, 0.1) is 0 Å². The minimum absolute atomic E-state index is 0.0258. The second-order valence-corrected chi connectivity index (χ2v) is 5.18. The van der Waals surface area contributed by atoms with Crippen LogP contribution in [0.1, 0.15) is 39.0 Å². The summed E-state index contributed by atoms with van der Waals surface area (Å²) < 4.78 is 0. The summed E-state index contributed by atoms with van der Waals surface area (Å²) in [7, 11) is 1.51. The Labute approximate surface area is 118 Å². The Bertz CT molecular complexity index is 378. The number of hydrogen-bond acceptors (Lipinski definition) is 3. The highest BCUT2D eigenvalue weighted by Gasteiger charge is 2.38. The van der Waals surface area contributed by atoms with Crippen molar-refractivity contribution in [3.8, 4) is 0 Å². The normalized spacial score (nSPS) is 16.5. The summed E-state index contributed by atoms with van der Waals surface area (Å²) in [5.41, 5.74) is -0.668. The molecule has 7 heteroatoms. The van der Waals surface area contributed by atoms with Crippen molar-refractivity contribution < 1.29 is 19.5 Å². The van der Waals surface area contributed by atoms with E-state index in [0.29, 0.717) is 19.4 Å². The monoisotopic (exact) mass is 285 g/mol. The summed E-state index contributed by atoms with van der Waals surface area (Å²) >= 11 is 0. The number of carbonyl (C=O) groups is 3. The molecule has 0 spiro atoms. The van der Waals surface area contributed by atoms with Crippen molar-refractivity contribution in [3.05, 3.63) is 0 Å². The zero-order valence-corrected chi connectivity index (χ0v) is 12.1. The highest BCUT2D eigenvalue weighted by atomic mass is 16.4. The number of carboxylic acids is 1. The van der Waals surface area contributed by atoms with Crippen LogP contribution in [-0.2, 0) is 9.59 Å². The van der Waals surface area contributed by atoms with Gasteiger partial charge in [-0.15, -0.1) is 0 Å². The van der Waals surface area contributed by atoms with Gasteiger partial charge in [0, 0.05) is 13.6 Å². The molecule has 0 atom stereocenters. The predicted octanol–water partition coefficient (Wildman–Crippen LogP) is 0.551. The van der Waals surface area contributed by atoms with Crippen LogP contribution in [0.15, 0.2) is 0 Å². The molecule has 0 saturated heterocycles. The molecule has 0 unspecified atom stereocenters. The van der Waals surface area contributed by atoms with Crippen LogP contribution in [0.3, 0.4) is 0 Å². The largest absolute Gasteiger partial charge is 0.481 e. The van der Waals surface area contributed by atoms with Gasteiger partial charge in [-0.3, -0.25) is 9.59 Å². The van der Waals surface area contributed by atoms with Gasteiger partial charge in [0.15, 0.2) is 0 Å². The van der Waals surface area contributed by atoms with Gasteiger partial charge in [0.25, 0.3) is 0 Å². The van der Waals surface area contributed by atoms with Crippen LogP contribution in [-0.4, -0.2) is 53.6 Å². The molecule has 0 radical (unpaired) electrons. The first-order chi connectivity index (χ1) is 9.42. The number of amides is 3. The summed E-state index contributed by atoms with van der Waals surface area (Å²) in [6.45, 7) is 2.14. The Morgan fingerprint density at radius 1 is 1.25 bits per heavy atom. The topological polar surface area (TPSA) is 98.7 Å². The van der Waals surface area contributed by atoms with E-state index in [4.69, 9.17) is 5.11 Å². The number of nitrogens with zero attached hydrogens (tertiary/aromatic N) is 1. The summed E-state index contributed by atoms with van der Waals surface area (Å²) in [6.07, 6.45) is 3.09. The summed E-state index contributed by atoms with van der Waals surface area (Å²) in [5.74, 6) is -1.16. The van der Waals surface area contributed by atoms with Crippen molar-refractivity contribution in [1.82, 2.24) is 15.5 Å². The lowest BCUT2D eigenvalue weighted by molar-refractivity contribution is -0.138. The van der Waals surface area contributed by atoms with Gasteiger partial charge in [-0.1, -0.05) is 12.8 Å². The highest BCUT2D eigenvalue weighted by Crippen LogP contribution is 2.32. The van der Waals surface area contributed by atoms with E-state index in [-0.39, 0.29) is 24.9 Å². The van der Waals surface area contributed by atoms with Gasteiger partial charge in [-0.2, -0.15) is 0 Å². The smallest absolute Gasteiger partial charge is 0.318 e. The molecule has 1 fully saturated rings. The van der Waals surface area contributed by atoms with Crippen molar-refractivity contribution in [2.75, 3.05) is 20.1 Å². The molecule has 0 aliphatic heterocycles. The fourth-order valence-electron chi connectivity index (χ4n) is 2.57. The van der Waals surface area contributed by atoms with Gasteiger partial charge in [0.2, 0.25) is 5.91 Å². The molecule has 0 aromatic carbocycles. The maximum absolute atomic E-state index is 12.2. The quantitative estimate of drug-likeness (QED) is 0.663. The molecule has 1 aliphatic carbocycles. The van der Waals surface area contributed by atoms with E-state index < -0.39 is 11.5 Å². The molecule has 0 aromatic heterocycles. The predicted molar refractivity (Wildman–Crippen MR) is 73.3 cm³/mol. The first kappa shape index (κ1) is 16.3. The number of urea groups is 1. The zero-order valence-electron chi connectivity index (χ0n) is 12.1. The van der Waals surface area contributed by atoms with E-state index in [1.165, 1.54) is 11.9 Å². The molecule has 1 rings (SSSR count). The molecular weight excluding hydrogens is 262 g/mol. The summed E-state index contributed by atoms with van der Waals surface area (Å²) in [4.78, 5) is 35.9. The first-order valence-electron chi connectivity index (χ1n) is 6.92. The lowest BCUT2D eigenvalue weighted by atomic mass is 9.93. The second-order valence-electron chi connectivity index (χ2n) is 5.18. The Morgan fingerprint density at radius 3 is 2.30 bits per heavy atom. The number of carbonyl (C=O) groups excluding carboxylic acids is 2. The number of aliphatic carboxylic acids is 1. The van der Waals surface area contributed by atoms with Crippen molar-refractivity contribution >= 4 is 17.9 Å². The molecule has 114 valence electrons. The van der Waals surface area contributed by atoms with E-state index in [1.807, 2.05) is 0 Å². The molecule has 3 N–H and O–H groups in total. The summed E-state index contributed by atoms with van der Waals surface area (Å²) in [6, 6.07) is -0.376. The van der Waals surface area contributed by atoms with Crippen LogP contribution in [0.5, 0.6) is 0 Å². The number of carboxylic acid groups (broad SMARTS) is 1. The van der Waals surface area contributed by atoms with Crippen molar-refractivity contribution in [3.63, 3.8) is 0 Å². The Morgan fingerprint density at radius 2 is 1.85 bits per heavy atom. The van der Waals surface area contributed by atoms with Crippen LogP contribution < -0.4 is 10.6 Å². The average molecular weight is 285 g/mol. The van der Waals surface area contributed by atoms with Crippen LogP contribution in [0.25, 0.3) is 0 Å². The maximum Gasteiger partial charge on any atom is 0.318 e. The third-order valence-electron chi connectivity index (χ3n) is 3.70. The minimum atomic E-state index is -0.915. The second kappa shape index (κ2) is 7.12.